The van der Waals surface area contributed by atoms with Crippen molar-refractivity contribution in [2.45, 2.75) is 60.3 Å². The highest BCUT2D eigenvalue weighted by Gasteiger charge is 2.18. The molecule has 0 amide bonds. The number of nitrogens with zero attached hydrogens (tertiary/aromatic N) is 2. The molecule has 0 saturated heterocycles. The van der Waals surface area contributed by atoms with Crippen molar-refractivity contribution in [3.05, 3.63) is 46.8 Å². The van der Waals surface area contributed by atoms with E-state index in [2.05, 4.69) is 32.8 Å². The highest BCUT2D eigenvalue weighted by atomic mass is 16.5. The van der Waals surface area contributed by atoms with Crippen LogP contribution in [-0.2, 0) is 6.42 Å². The van der Waals surface area contributed by atoms with Crippen LogP contribution < -0.4 is 4.74 Å². The molecule has 0 aliphatic rings. The lowest BCUT2D eigenvalue weighted by Gasteiger charge is -2.13. The number of carbonyl (C=O) groups is 1. The van der Waals surface area contributed by atoms with E-state index in [1.165, 1.54) is 10.2 Å². The largest absolute Gasteiger partial charge is 0.483 e. The van der Waals surface area contributed by atoms with Crippen LogP contribution in [0.1, 0.15) is 67.3 Å². The van der Waals surface area contributed by atoms with Gasteiger partial charge in [0.15, 0.2) is 6.61 Å². The average Bonchev–Trinajstić information content (AvgIpc) is 2.85. The molecule has 0 radical (unpaired) electrons. The fourth-order valence-electron chi connectivity index (χ4n) is 3.00. The number of hydrogen-bond donors (Lipinski definition) is 0. The Morgan fingerprint density at radius 1 is 1.16 bits per heavy atom. The molecule has 0 bridgehead atoms. The zero-order valence-electron chi connectivity index (χ0n) is 16.3. The molecule has 1 heterocycles. The minimum Gasteiger partial charge on any atom is -0.483 e. The average molecular weight is 342 g/mol. The Morgan fingerprint density at radius 3 is 2.48 bits per heavy atom. The molecule has 0 saturated carbocycles. The summed E-state index contributed by atoms with van der Waals surface area (Å²) >= 11 is 0. The normalized spacial score (nSPS) is 11.4. The quantitative estimate of drug-likeness (QED) is 0.716. The molecular weight excluding hydrogens is 312 g/mol. The Balaban J connectivity index is 2.11. The van der Waals surface area contributed by atoms with Crippen molar-refractivity contribution >= 4 is 5.91 Å². The first-order chi connectivity index (χ1) is 11.8. The maximum Gasteiger partial charge on any atom is 0.284 e. The van der Waals surface area contributed by atoms with E-state index in [0.29, 0.717) is 11.8 Å². The van der Waals surface area contributed by atoms with Gasteiger partial charge in [0, 0.05) is 5.69 Å². The van der Waals surface area contributed by atoms with Crippen molar-refractivity contribution in [2.75, 3.05) is 6.61 Å². The summed E-state index contributed by atoms with van der Waals surface area (Å²) in [6, 6.07) is 7.88. The highest BCUT2D eigenvalue weighted by Crippen LogP contribution is 2.26. The first-order valence-corrected chi connectivity index (χ1v) is 9.11. The third kappa shape index (κ3) is 4.71. The van der Waals surface area contributed by atoms with Crippen LogP contribution in [0.15, 0.2) is 24.3 Å². The number of carbonyl (C=O) groups excluding carboxylic acids is 1. The third-order valence-electron chi connectivity index (χ3n) is 4.54. The fraction of sp³-hybridized carbons (Fsp3) is 0.524. The zero-order chi connectivity index (χ0) is 18.6. The predicted molar refractivity (Wildman–Crippen MR) is 102 cm³/mol. The van der Waals surface area contributed by atoms with Crippen molar-refractivity contribution in [3.8, 4) is 5.75 Å². The number of rotatable bonds is 7. The summed E-state index contributed by atoms with van der Waals surface area (Å²) in [4.78, 5) is 12.6. The van der Waals surface area contributed by atoms with E-state index < -0.39 is 0 Å². The Hall–Kier alpha value is -2.10. The van der Waals surface area contributed by atoms with Gasteiger partial charge in [-0.15, -0.1) is 0 Å². The minimum atomic E-state index is -0.130. The Labute approximate surface area is 151 Å². The van der Waals surface area contributed by atoms with E-state index in [-0.39, 0.29) is 12.5 Å². The number of aryl methyl sites for hydroxylation is 1. The molecule has 25 heavy (non-hydrogen) atoms. The van der Waals surface area contributed by atoms with Gasteiger partial charge in [-0.05, 0) is 55.7 Å². The van der Waals surface area contributed by atoms with Gasteiger partial charge in [-0.25, -0.2) is 4.68 Å². The number of aromatic nitrogens is 2. The zero-order valence-corrected chi connectivity index (χ0v) is 16.3. The molecule has 2 aromatic rings. The second-order valence-electron chi connectivity index (χ2n) is 7.37. The molecule has 1 aromatic carbocycles. The van der Waals surface area contributed by atoms with E-state index in [9.17, 15) is 4.79 Å². The van der Waals surface area contributed by atoms with Crippen LogP contribution in [0.4, 0.5) is 0 Å². The fourth-order valence-corrected chi connectivity index (χ4v) is 3.00. The molecule has 0 spiro atoms. The molecule has 0 unspecified atom stereocenters. The van der Waals surface area contributed by atoms with Crippen LogP contribution in [0.2, 0.25) is 0 Å². The van der Waals surface area contributed by atoms with E-state index >= 15 is 0 Å². The molecule has 4 heteroatoms. The predicted octanol–water partition coefficient (Wildman–Crippen LogP) is 4.93. The van der Waals surface area contributed by atoms with Crippen molar-refractivity contribution in [1.82, 2.24) is 9.78 Å². The monoisotopic (exact) mass is 342 g/mol. The highest BCUT2D eigenvalue weighted by molar-refractivity contribution is 5.80. The maximum absolute atomic E-state index is 12.6. The van der Waals surface area contributed by atoms with Crippen LogP contribution in [0.25, 0.3) is 0 Å². The van der Waals surface area contributed by atoms with Gasteiger partial charge < -0.3 is 4.74 Å². The van der Waals surface area contributed by atoms with Crippen LogP contribution >= 0.6 is 0 Å². The summed E-state index contributed by atoms with van der Waals surface area (Å²) in [6.07, 6.45) is 2.06. The second-order valence-corrected chi connectivity index (χ2v) is 7.37. The van der Waals surface area contributed by atoms with Gasteiger partial charge in [-0.2, -0.15) is 5.10 Å². The lowest BCUT2D eigenvalue weighted by molar-refractivity contribution is 0.0817. The van der Waals surface area contributed by atoms with Crippen LogP contribution in [0.5, 0.6) is 5.75 Å². The molecule has 0 aliphatic heterocycles. The topological polar surface area (TPSA) is 44.1 Å². The number of para-hydroxylation sites is 1. The van der Waals surface area contributed by atoms with Crippen LogP contribution in [0.3, 0.4) is 0 Å². The van der Waals surface area contributed by atoms with E-state index in [4.69, 9.17) is 4.74 Å². The summed E-state index contributed by atoms with van der Waals surface area (Å²) in [7, 11) is 0. The first kappa shape index (κ1) is 19.2. The molecule has 0 aliphatic carbocycles. The number of ether oxygens (including phenoxy) is 1. The van der Waals surface area contributed by atoms with Gasteiger partial charge in [-0.1, -0.05) is 45.9 Å². The van der Waals surface area contributed by atoms with E-state index in [0.717, 1.165) is 35.5 Å². The van der Waals surface area contributed by atoms with Crippen molar-refractivity contribution in [3.63, 3.8) is 0 Å². The number of benzene rings is 1. The molecule has 0 N–H and O–H groups in total. The lowest BCUT2D eigenvalue weighted by Crippen LogP contribution is -2.22. The van der Waals surface area contributed by atoms with Crippen molar-refractivity contribution in [2.24, 2.45) is 5.92 Å². The van der Waals surface area contributed by atoms with Gasteiger partial charge in [0.1, 0.15) is 5.75 Å². The summed E-state index contributed by atoms with van der Waals surface area (Å²) in [5, 5.41) is 4.44. The standard InChI is InChI=1S/C21H30N2O2/c1-14(2)11-12-19-16(5)22-23(17(19)6)21(24)13-25-20-10-8-7-9-18(20)15(3)4/h7-10,14-15H,11-13H2,1-6H3. The van der Waals surface area contributed by atoms with Gasteiger partial charge >= 0.3 is 0 Å². The minimum absolute atomic E-state index is 0.00465. The molecule has 2 rings (SSSR count). The summed E-state index contributed by atoms with van der Waals surface area (Å²) in [5.74, 6) is 1.62. The smallest absolute Gasteiger partial charge is 0.284 e. The molecule has 136 valence electrons. The van der Waals surface area contributed by atoms with Gasteiger partial charge in [-0.3, -0.25) is 4.79 Å². The molecule has 0 atom stereocenters. The Bertz CT molecular complexity index is 729. The van der Waals surface area contributed by atoms with E-state index in [1.807, 2.05) is 38.1 Å². The third-order valence-corrected chi connectivity index (χ3v) is 4.54. The molecule has 4 nitrogen and oxygen atoms in total. The summed E-state index contributed by atoms with van der Waals surface area (Å²) < 4.78 is 7.31. The molecule has 0 fully saturated rings. The molecular formula is C21H30N2O2. The maximum atomic E-state index is 12.6. The number of hydrogen-bond acceptors (Lipinski definition) is 3. The second kappa shape index (κ2) is 8.32. The summed E-state index contributed by atoms with van der Waals surface area (Å²) in [5.41, 5.74) is 4.17. The van der Waals surface area contributed by atoms with Gasteiger partial charge in [0.05, 0.1) is 5.69 Å². The molecule has 1 aromatic heterocycles. The Kier molecular flexibility index (Phi) is 6.40. The lowest BCUT2D eigenvalue weighted by atomic mass is 10.0. The summed E-state index contributed by atoms with van der Waals surface area (Å²) in [6.45, 7) is 12.6. The van der Waals surface area contributed by atoms with Crippen molar-refractivity contribution in [1.29, 1.82) is 0 Å². The van der Waals surface area contributed by atoms with Crippen molar-refractivity contribution < 1.29 is 9.53 Å². The van der Waals surface area contributed by atoms with Gasteiger partial charge in [0.25, 0.3) is 5.91 Å². The SMILES string of the molecule is Cc1nn(C(=O)COc2ccccc2C(C)C)c(C)c1CCC(C)C. The first-order valence-electron chi connectivity index (χ1n) is 9.11. The van der Waals surface area contributed by atoms with Crippen LogP contribution in [-0.4, -0.2) is 22.3 Å². The van der Waals surface area contributed by atoms with Crippen LogP contribution in [0, 0.1) is 19.8 Å². The van der Waals surface area contributed by atoms with Gasteiger partial charge in [0.2, 0.25) is 0 Å². The Morgan fingerprint density at radius 2 is 1.84 bits per heavy atom. The van der Waals surface area contributed by atoms with E-state index in [1.54, 1.807) is 0 Å².